The van der Waals surface area contributed by atoms with Crippen molar-refractivity contribution in [2.24, 2.45) is 4.99 Å². The third-order valence-electron chi connectivity index (χ3n) is 3.84. The van der Waals surface area contributed by atoms with Crippen LogP contribution < -0.4 is 20.9 Å². The molecule has 3 N–H and O–H groups in total. The molecule has 0 saturated carbocycles. The van der Waals surface area contributed by atoms with Crippen LogP contribution in [0.25, 0.3) is 0 Å². The molecule has 2 heterocycles. The number of ether oxygens (including phenoxy) is 1. The number of hydrogen-bond acceptors (Lipinski definition) is 5. The second-order valence-electron chi connectivity index (χ2n) is 5.65. The third-order valence-corrected chi connectivity index (χ3v) is 4.13. The van der Waals surface area contributed by atoms with E-state index in [1.165, 1.54) is 0 Å². The summed E-state index contributed by atoms with van der Waals surface area (Å²) >= 11 is 6.21. The number of aliphatic imine (C=N–C) groups is 1. The third kappa shape index (κ3) is 6.06. The zero-order chi connectivity index (χ0) is 18.1. The molecule has 2 rings (SSSR count). The second-order valence-corrected chi connectivity index (χ2v) is 6.06. The highest BCUT2D eigenvalue weighted by molar-refractivity contribution is 6.32. The summed E-state index contributed by atoms with van der Waals surface area (Å²) in [6, 6.07) is 3.87. The number of anilines is 1. The molecule has 0 aliphatic carbocycles. The van der Waals surface area contributed by atoms with Crippen LogP contribution in [0.3, 0.4) is 0 Å². The summed E-state index contributed by atoms with van der Waals surface area (Å²) in [5.41, 5.74) is 0. The van der Waals surface area contributed by atoms with E-state index in [9.17, 15) is 4.79 Å². The number of amides is 1. The Kier molecular flexibility index (Phi) is 7.75. The quantitative estimate of drug-likeness (QED) is 0.363. The van der Waals surface area contributed by atoms with E-state index in [-0.39, 0.29) is 18.5 Å². The monoisotopic (exact) mass is 368 g/mol. The van der Waals surface area contributed by atoms with Gasteiger partial charge in [0.05, 0.1) is 18.2 Å². The standard InChI is InChI=1S/C16H25ClN6O2/c1-18-16(21-10-14(24)19-7-9-25-2)22-12-5-8-23(11-12)15-13(17)4-3-6-20-15/h3-4,6,12H,5,7-11H2,1-2H3,(H,19,24)(H2,18,21,22). The van der Waals surface area contributed by atoms with E-state index >= 15 is 0 Å². The SMILES string of the molecule is CN=C(NCC(=O)NCCOC)NC1CCN(c2ncccc2Cl)C1. The van der Waals surface area contributed by atoms with E-state index in [1.54, 1.807) is 20.4 Å². The van der Waals surface area contributed by atoms with Crippen molar-refractivity contribution in [1.29, 1.82) is 0 Å². The number of methoxy groups -OCH3 is 1. The van der Waals surface area contributed by atoms with Crippen molar-refractivity contribution in [2.45, 2.75) is 12.5 Å². The van der Waals surface area contributed by atoms with Crippen LogP contribution in [-0.4, -0.2) is 69.8 Å². The number of carbonyl (C=O) groups excluding carboxylic acids is 1. The molecule has 1 atom stereocenters. The Morgan fingerprint density at radius 1 is 1.52 bits per heavy atom. The van der Waals surface area contributed by atoms with Crippen molar-refractivity contribution in [1.82, 2.24) is 20.9 Å². The molecule has 1 aliphatic rings. The molecule has 1 saturated heterocycles. The van der Waals surface area contributed by atoms with Gasteiger partial charge in [-0.25, -0.2) is 4.98 Å². The van der Waals surface area contributed by atoms with Gasteiger partial charge in [-0.05, 0) is 18.6 Å². The fourth-order valence-corrected chi connectivity index (χ4v) is 2.83. The summed E-state index contributed by atoms with van der Waals surface area (Å²) in [6.07, 6.45) is 2.68. The molecule has 0 aromatic carbocycles. The van der Waals surface area contributed by atoms with Gasteiger partial charge < -0.3 is 25.6 Å². The van der Waals surface area contributed by atoms with Crippen LogP contribution >= 0.6 is 11.6 Å². The molecule has 1 aromatic heterocycles. The van der Waals surface area contributed by atoms with Crippen LogP contribution in [0.2, 0.25) is 5.02 Å². The van der Waals surface area contributed by atoms with Gasteiger partial charge in [-0.15, -0.1) is 0 Å². The van der Waals surface area contributed by atoms with Crippen molar-refractivity contribution >= 4 is 29.3 Å². The number of carbonyl (C=O) groups is 1. The van der Waals surface area contributed by atoms with Gasteiger partial charge in [0.1, 0.15) is 5.82 Å². The van der Waals surface area contributed by atoms with Gasteiger partial charge in [-0.2, -0.15) is 0 Å². The van der Waals surface area contributed by atoms with Crippen LogP contribution in [-0.2, 0) is 9.53 Å². The predicted molar refractivity (Wildman–Crippen MR) is 99.2 cm³/mol. The topological polar surface area (TPSA) is 90.9 Å². The highest BCUT2D eigenvalue weighted by Gasteiger charge is 2.25. The van der Waals surface area contributed by atoms with Crippen molar-refractivity contribution in [3.8, 4) is 0 Å². The van der Waals surface area contributed by atoms with E-state index < -0.39 is 0 Å². The van der Waals surface area contributed by atoms with Gasteiger partial charge in [-0.1, -0.05) is 11.6 Å². The summed E-state index contributed by atoms with van der Waals surface area (Å²) in [5.74, 6) is 1.29. The van der Waals surface area contributed by atoms with Crippen LogP contribution in [0.15, 0.2) is 23.3 Å². The molecule has 0 radical (unpaired) electrons. The van der Waals surface area contributed by atoms with Gasteiger partial charge in [0.15, 0.2) is 5.96 Å². The van der Waals surface area contributed by atoms with E-state index in [0.717, 1.165) is 25.3 Å². The zero-order valence-electron chi connectivity index (χ0n) is 14.6. The molecule has 9 heteroatoms. The first-order chi connectivity index (χ1) is 12.1. The van der Waals surface area contributed by atoms with E-state index in [2.05, 4.69) is 30.8 Å². The highest BCUT2D eigenvalue weighted by atomic mass is 35.5. The second kappa shape index (κ2) is 10.0. The van der Waals surface area contributed by atoms with Crippen molar-refractivity contribution in [3.63, 3.8) is 0 Å². The number of halogens is 1. The van der Waals surface area contributed by atoms with E-state index in [1.807, 2.05) is 12.1 Å². The summed E-state index contributed by atoms with van der Waals surface area (Å²) in [5, 5.41) is 9.75. The molecule has 1 aromatic rings. The van der Waals surface area contributed by atoms with Crippen LogP contribution in [0.1, 0.15) is 6.42 Å². The molecule has 1 amide bonds. The molecule has 8 nitrogen and oxygen atoms in total. The Morgan fingerprint density at radius 3 is 3.08 bits per heavy atom. The average molecular weight is 369 g/mol. The molecule has 1 unspecified atom stereocenters. The fourth-order valence-electron chi connectivity index (χ4n) is 2.59. The molecule has 0 spiro atoms. The number of nitrogens with zero attached hydrogens (tertiary/aromatic N) is 3. The lowest BCUT2D eigenvalue weighted by atomic mass is 10.3. The number of pyridine rings is 1. The van der Waals surface area contributed by atoms with Gasteiger partial charge >= 0.3 is 0 Å². The summed E-state index contributed by atoms with van der Waals surface area (Å²) in [7, 11) is 3.28. The number of guanidine groups is 1. The lowest BCUT2D eigenvalue weighted by molar-refractivity contribution is -0.120. The first kappa shape index (κ1) is 19.3. The van der Waals surface area contributed by atoms with Crippen molar-refractivity contribution in [3.05, 3.63) is 23.4 Å². The Bertz CT molecular complexity index is 598. The Morgan fingerprint density at radius 2 is 2.36 bits per heavy atom. The number of hydrogen-bond donors (Lipinski definition) is 3. The van der Waals surface area contributed by atoms with Crippen molar-refractivity contribution in [2.75, 3.05) is 51.8 Å². The maximum atomic E-state index is 11.7. The minimum absolute atomic E-state index is 0.103. The maximum absolute atomic E-state index is 11.7. The zero-order valence-corrected chi connectivity index (χ0v) is 15.3. The van der Waals surface area contributed by atoms with Gasteiger partial charge in [-0.3, -0.25) is 9.79 Å². The van der Waals surface area contributed by atoms with Crippen LogP contribution in [0, 0.1) is 0 Å². The summed E-state index contributed by atoms with van der Waals surface area (Å²) < 4.78 is 4.89. The molecule has 1 aliphatic heterocycles. The molecule has 25 heavy (non-hydrogen) atoms. The summed E-state index contributed by atoms with van der Waals surface area (Å²) in [4.78, 5) is 22.4. The Labute approximate surface area is 153 Å². The fraction of sp³-hybridized carbons (Fsp3) is 0.562. The Hall–Kier alpha value is -2.06. The molecular weight excluding hydrogens is 344 g/mol. The first-order valence-electron chi connectivity index (χ1n) is 8.22. The normalized spacial score (nSPS) is 17.5. The largest absolute Gasteiger partial charge is 0.383 e. The minimum Gasteiger partial charge on any atom is -0.383 e. The van der Waals surface area contributed by atoms with Crippen LogP contribution in [0.5, 0.6) is 0 Å². The number of aromatic nitrogens is 1. The first-order valence-corrected chi connectivity index (χ1v) is 8.60. The van der Waals surface area contributed by atoms with Crippen molar-refractivity contribution < 1.29 is 9.53 Å². The highest BCUT2D eigenvalue weighted by Crippen LogP contribution is 2.25. The molecular formula is C16H25ClN6O2. The minimum atomic E-state index is -0.103. The van der Waals surface area contributed by atoms with E-state index in [0.29, 0.717) is 24.1 Å². The van der Waals surface area contributed by atoms with Gasteiger partial charge in [0.25, 0.3) is 0 Å². The Balaban J connectivity index is 1.77. The predicted octanol–water partition coefficient (Wildman–Crippen LogP) is 0.241. The van der Waals surface area contributed by atoms with Crippen LogP contribution in [0.4, 0.5) is 5.82 Å². The molecule has 138 valence electrons. The van der Waals surface area contributed by atoms with Gasteiger partial charge in [0, 0.05) is 46.0 Å². The summed E-state index contributed by atoms with van der Waals surface area (Å²) in [6.45, 7) is 2.78. The molecule has 1 fully saturated rings. The number of rotatable bonds is 7. The molecule has 0 bridgehead atoms. The average Bonchev–Trinajstić information content (AvgIpc) is 3.07. The lowest BCUT2D eigenvalue weighted by Gasteiger charge is -2.20. The van der Waals surface area contributed by atoms with E-state index in [4.69, 9.17) is 16.3 Å². The smallest absolute Gasteiger partial charge is 0.239 e. The maximum Gasteiger partial charge on any atom is 0.239 e. The van der Waals surface area contributed by atoms with Gasteiger partial charge in [0.2, 0.25) is 5.91 Å². The number of nitrogens with one attached hydrogen (secondary N) is 3. The lowest BCUT2D eigenvalue weighted by Crippen LogP contribution is -2.47.